The Balaban J connectivity index is 1.98. The minimum atomic E-state index is -0.429. The van der Waals surface area contributed by atoms with E-state index < -0.39 is 5.82 Å². The van der Waals surface area contributed by atoms with Gasteiger partial charge in [0.1, 0.15) is 0 Å². The van der Waals surface area contributed by atoms with Crippen molar-refractivity contribution in [3.63, 3.8) is 0 Å². The van der Waals surface area contributed by atoms with Crippen molar-refractivity contribution < 1.29 is 9.13 Å². The number of nitrogens with two attached hydrogens (primary N) is 1. The molecule has 0 saturated heterocycles. The van der Waals surface area contributed by atoms with Crippen LogP contribution >= 0.6 is 11.3 Å². The van der Waals surface area contributed by atoms with Gasteiger partial charge in [-0.1, -0.05) is 6.92 Å². The number of halogens is 1. The number of aromatic nitrogens is 1. The summed E-state index contributed by atoms with van der Waals surface area (Å²) in [5.41, 5.74) is 7.95. The minimum absolute atomic E-state index is 0.234. The Labute approximate surface area is 128 Å². The van der Waals surface area contributed by atoms with E-state index in [-0.39, 0.29) is 5.75 Å². The molecule has 0 aliphatic carbocycles. The zero-order valence-corrected chi connectivity index (χ0v) is 13.1. The van der Waals surface area contributed by atoms with Gasteiger partial charge in [-0.3, -0.25) is 0 Å². The molecule has 114 valence electrons. The summed E-state index contributed by atoms with van der Waals surface area (Å²) in [7, 11) is 0. The molecule has 6 heteroatoms. The van der Waals surface area contributed by atoms with Crippen LogP contribution in [0.2, 0.25) is 0 Å². The molecule has 0 fully saturated rings. The van der Waals surface area contributed by atoms with Crippen molar-refractivity contribution in [2.75, 3.05) is 24.2 Å². The molecule has 2 aromatic rings. The molecule has 1 aromatic carbocycles. The predicted molar refractivity (Wildman–Crippen MR) is 85.6 cm³/mol. The second-order valence-corrected chi connectivity index (χ2v) is 5.82. The Bertz CT molecular complexity index is 601. The van der Waals surface area contributed by atoms with Gasteiger partial charge in [-0.25, -0.2) is 9.37 Å². The molecule has 1 heterocycles. The lowest BCUT2D eigenvalue weighted by molar-refractivity contribution is 0.301. The third kappa shape index (κ3) is 4.32. The maximum atomic E-state index is 13.7. The molecule has 0 bridgehead atoms. The van der Waals surface area contributed by atoms with Gasteiger partial charge < -0.3 is 15.8 Å². The Morgan fingerprint density at radius 1 is 1.43 bits per heavy atom. The van der Waals surface area contributed by atoms with Crippen LogP contribution in [0, 0.1) is 12.7 Å². The van der Waals surface area contributed by atoms with E-state index in [1.54, 1.807) is 17.4 Å². The fraction of sp³-hybridized carbons (Fsp3) is 0.400. The van der Waals surface area contributed by atoms with Crippen LogP contribution in [0.5, 0.6) is 5.75 Å². The first-order valence-corrected chi connectivity index (χ1v) is 7.84. The number of rotatable bonds is 7. The lowest BCUT2D eigenvalue weighted by atomic mass is 10.2. The van der Waals surface area contributed by atoms with E-state index in [0.29, 0.717) is 24.5 Å². The molecule has 0 saturated carbocycles. The number of benzene rings is 1. The lowest BCUT2D eigenvalue weighted by Crippen LogP contribution is -2.08. The highest BCUT2D eigenvalue weighted by atomic mass is 32.1. The summed E-state index contributed by atoms with van der Waals surface area (Å²) in [4.78, 5) is 4.40. The summed E-state index contributed by atoms with van der Waals surface area (Å²) in [5.74, 6) is -0.195. The number of hydrogen-bond acceptors (Lipinski definition) is 5. The summed E-state index contributed by atoms with van der Waals surface area (Å²) in [5, 5.41) is 6.31. The molecular formula is C15H20FN3OS. The van der Waals surface area contributed by atoms with E-state index in [1.807, 2.05) is 19.2 Å². The SMILES string of the molecule is CCCOc1cc(NCCc2csc(C)n2)c(N)cc1F. The topological polar surface area (TPSA) is 60.2 Å². The van der Waals surface area contributed by atoms with Crippen LogP contribution in [0.15, 0.2) is 17.5 Å². The van der Waals surface area contributed by atoms with Crippen LogP contribution in [0.4, 0.5) is 15.8 Å². The second kappa shape index (κ2) is 7.26. The molecule has 0 aliphatic heterocycles. The van der Waals surface area contributed by atoms with Crippen molar-refractivity contribution in [1.82, 2.24) is 4.98 Å². The van der Waals surface area contributed by atoms with Gasteiger partial charge in [0, 0.05) is 30.5 Å². The van der Waals surface area contributed by atoms with Crippen molar-refractivity contribution in [2.24, 2.45) is 0 Å². The number of nitrogens with zero attached hydrogens (tertiary/aromatic N) is 1. The average Bonchev–Trinajstić information content (AvgIpc) is 2.85. The normalized spacial score (nSPS) is 10.6. The van der Waals surface area contributed by atoms with Gasteiger partial charge in [0.15, 0.2) is 11.6 Å². The van der Waals surface area contributed by atoms with Crippen LogP contribution in [0.1, 0.15) is 24.0 Å². The van der Waals surface area contributed by atoms with Crippen LogP contribution in [0.3, 0.4) is 0 Å². The number of ether oxygens (including phenoxy) is 1. The van der Waals surface area contributed by atoms with Gasteiger partial charge in [-0.2, -0.15) is 0 Å². The van der Waals surface area contributed by atoms with E-state index in [4.69, 9.17) is 10.5 Å². The highest BCUT2D eigenvalue weighted by Crippen LogP contribution is 2.28. The third-order valence-corrected chi connectivity index (χ3v) is 3.75. The zero-order chi connectivity index (χ0) is 15.2. The van der Waals surface area contributed by atoms with Gasteiger partial charge in [0.25, 0.3) is 0 Å². The summed E-state index contributed by atoms with van der Waals surface area (Å²) in [6.07, 6.45) is 1.63. The predicted octanol–water partition coefficient (Wildman–Crippen LogP) is 3.62. The molecule has 0 aliphatic rings. The maximum Gasteiger partial charge on any atom is 0.167 e. The number of thiazole rings is 1. The summed E-state index contributed by atoms with van der Waals surface area (Å²) in [6, 6.07) is 2.91. The smallest absolute Gasteiger partial charge is 0.167 e. The number of nitrogen functional groups attached to an aromatic ring is 1. The van der Waals surface area contributed by atoms with Gasteiger partial charge >= 0.3 is 0 Å². The van der Waals surface area contributed by atoms with Crippen molar-refractivity contribution in [3.8, 4) is 5.75 Å². The lowest BCUT2D eigenvalue weighted by Gasteiger charge is -2.12. The van der Waals surface area contributed by atoms with Crippen molar-refractivity contribution in [2.45, 2.75) is 26.7 Å². The molecule has 0 radical (unpaired) electrons. The fourth-order valence-corrected chi connectivity index (χ4v) is 2.54. The quantitative estimate of drug-likeness (QED) is 0.767. The van der Waals surface area contributed by atoms with Crippen LogP contribution < -0.4 is 15.8 Å². The first kappa shape index (κ1) is 15.6. The second-order valence-electron chi connectivity index (χ2n) is 4.75. The molecule has 21 heavy (non-hydrogen) atoms. The van der Waals surface area contributed by atoms with Crippen LogP contribution in [-0.4, -0.2) is 18.1 Å². The highest BCUT2D eigenvalue weighted by Gasteiger charge is 2.09. The van der Waals surface area contributed by atoms with Crippen LogP contribution in [0.25, 0.3) is 0 Å². The molecule has 0 unspecified atom stereocenters. The largest absolute Gasteiger partial charge is 0.490 e. The van der Waals surface area contributed by atoms with Crippen molar-refractivity contribution >= 4 is 22.7 Å². The number of aryl methyl sites for hydroxylation is 1. The van der Waals surface area contributed by atoms with Gasteiger partial charge in [0.2, 0.25) is 0 Å². The average molecular weight is 309 g/mol. The first-order valence-electron chi connectivity index (χ1n) is 6.97. The molecule has 3 N–H and O–H groups in total. The van der Waals surface area contributed by atoms with Crippen LogP contribution in [-0.2, 0) is 6.42 Å². The fourth-order valence-electron chi connectivity index (χ4n) is 1.89. The monoisotopic (exact) mass is 309 g/mol. The van der Waals surface area contributed by atoms with E-state index >= 15 is 0 Å². The van der Waals surface area contributed by atoms with Crippen molar-refractivity contribution in [3.05, 3.63) is 34.0 Å². The van der Waals surface area contributed by atoms with E-state index in [9.17, 15) is 4.39 Å². The van der Waals surface area contributed by atoms with E-state index in [1.165, 1.54) is 6.07 Å². The van der Waals surface area contributed by atoms with Gasteiger partial charge in [-0.15, -0.1) is 11.3 Å². The van der Waals surface area contributed by atoms with Crippen molar-refractivity contribution in [1.29, 1.82) is 0 Å². The first-order chi connectivity index (χ1) is 10.1. The standard InChI is InChI=1S/C15H20FN3OS/c1-3-6-20-15-8-14(13(17)7-12(15)16)18-5-4-11-9-21-10(2)19-11/h7-9,18H,3-6,17H2,1-2H3. The number of anilines is 2. The minimum Gasteiger partial charge on any atom is -0.490 e. The molecule has 0 atom stereocenters. The van der Waals surface area contributed by atoms with E-state index in [2.05, 4.69) is 10.3 Å². The molecule has 1 aromatic heterocycles. The molecule has 0 amide bonds. The number of nitrogens with one attached hydrogen (secondary N) is 1. The maximum absolute atomic E-state index is 13.7. The summed E-state index contributed by atoms with van der Waals surface area (Å²) in [6.45, 7) is 5.13. The Kier molecular flexibility index (Phi) is 5.38. The molecule has 4 nitrogen and oxygen atoms in total. The zero-order valence-electron chi connectivity index (χ0n) is 12.3. The Morgan fingerprint density at radius 3 is 2.90 bits per heavy atom. The van der Waals surface area contributed by atoms with Gasteiger partial charge in [-0.05, 0) is 13.3 Å². The summed E-state index contributed by atoms with van der Waals surface area (Å²) < 4.78 is 19.1. The van der Waals surface area contributed by atoms with Gasteiger partial charge in [0.05, 0.1) is 28.7 Å². The Morgan fingerprint density at radius 2 is 2.24 bits per heavy atom. The number of hydrogen-bond donors (Lipinski definition) is 2. The molecular weight excluding hydrogens is 289 g/mol. The van der Waals surface area contributed by atoms with E-state index in [0.717, 1.165) is 23.5 Å². The third-order valence-electron chi connectivity index (χ3n) is 2.93. The highest BCUT2D eigenvalue weighted by molar-refractivity contribution is 7.09. The summed E-state index contributed by atoms with van der Waals surface area (Å²) >= 11 is 1.63. The Hall–Kier alpha value is -1.82. The molecule has 2 rings (SSSR count). The molecule has 0 spiro atoms.